The Balaban J connectivity index is 1.78. The Hall–Kier alpha value is -4.06. The predicted octanol–water partition coefficient (Wildman–Crippen LogP) is 0.614. The van der Waals surface area contributed by atoms with E-state index in [4.69, 9.17) is 5.41 Å². The second kappa shape index (κ2) is 14.5. The van der Waals surface area contributed by atoms with Crippen LogP contribution in [0, 0.1) is 11.3 Å². The summed E-state index contributed by atoms with van der Waals surface area (Å²) in [7, 11) is 1.99. The van der Waals surface area contributed by atoms with Gasteiger partial charge in [0.1, 0.15) is 18.1 Å². The lowest BCUT2D eigenvalue weighted by atomic mass is 10.00. The number of carbonyl (C=O) groups excluding carboxylic acids is 5. The molecule has 0 radical (unpaired) electrons. The molecule has 0 unspecified atom stereocenters. The Kier molecular flexibility index (Phi) is 11.2. The molecule has 0 bridgehead atoms. The number of piperazine rings is 1. The van der Waals surface area contributed by atoms with Crippen molar-refractivity contribution in [3.63, 3.8) is 0 Å². The minimum Gasteiger partial charge on any atom is -0.361 e. The van der Waals surface area contributed by atoms with Gasteiger partial charge in [0.25, 0.3) is 0 Å². The van der Waals surface area contributed by atoms with Gasteiger partial charge >= 0.3 is 0 Å². The molecule has 3 atom stereocenters. The van der Waals surface area contributed by atoms with Crippen LogP contribution in [0.2, 0.25) is 0 Å². The average molecular weight is 568 g/mol. The minimum absolute atomic E-state index is 0.0703. The summed E-state index contributed by atoms with van der Waals surface area (Å²) in [5.74, 6) is -2.53. The molecule has 1 aromatic heterocycles. The van der Waals surface area contributed by atoms with Gasteiger partial charge in [0, 0.05) is 63.0 Å². The smallest absolute Gasteiger partial charge is 0.245 e. The van der Waals surface area contributed by atoms with E-state index in [1.165, 1.54) is 6.92 Å². The van der Waals surface area contributed by atoms with E-state index in [0.717, 1.165) is 29.6 Å². The number of hydrogen-bond acceptors (Lipinski definition) is 7. The summed E-state index contributed by atoms with van der Waals surface area (Å²) in [5, 5.41) is 16.3. The van der Waals surface area contributed by atoms with Gasteiger partial charge in [-0.05, 0) is 31.0 Å². The van der Waals surface area contributed by atoms with Crippen molar-refractivity contribution in [1.29, 1.82) is 5.41 Å². The van der Waals surface area contributed by atoms with Crippen molar-refractivity contribution in [3.05, 3.63) is 36.0 Å². The van der Waals surface area contributed by atoms with E-state index >= 15 is 0 Å². The third-order valence-electron chi connectivity index (χ3n) is 7.31. The number of H-pyrrole nitrogens is 1. The highest BCUT2D eigenvalue weighted by atomic mass is 16.2. The molecule has 5 N–H and O–H groups in total. The number of aromatic nitrogens is 1. The van der Waals surface area contributed by atoms with E-state index in [0.29, 0.717) is 19.3 Å². The molecule has 1 fully saturated rings. The van der Waals surface area contributed by atoms with Crippen LogP contribution in [-0.2, 0) is 30.4 Å². The summed E-state index contributed by atoms with van der Waals surface area (Å²) in [6.07, 6.45) is 2.39. The third kappa shape index (κ3) is 8.71. The lowest BCUT2D eigenvalue weighted by Gasteiger charge is -2.36. The van der Waals surface area contributed by atoms with Crippen LogP contribution < -0.4 is 16.0 Å². The summed E-state index contributed by atoms with van der Waals surface area (Å²) < 4.78 is 0. The number of ketones is 1. The molecule has 1 saturated heterocycles. The molecule has 222 valence electrons. The van der Waals surface area contributed by atoms with Crippen molar-refractivity contribution in [3.8, 4) is 0 Å². The molecule has 41 heavy (non-hydrogen) atoms. The van der Waals surface area contributed by atoms with Crippen LogP contribution in [0.4, 0.5) is 0 Å². The molecule has 12 nitrogen and oxygen atoms in total. The molecule has 2 heterocycles. The maximum absolute atomic E-state index is 13.5. The standard InChI is InChI=1S/C29H41N7O5/c1-18(2)26(29(41)36-13-11-35(4)12-14-36)34-27(39)24(10-9-21(38)16-30)33-28(40)25(32-19(3)37)15-20-17-31-23-8-6-5-7-22(20)23/h5-8,16-18,24-26,30-31H,9-15H2,1-4H3,(H,32,37)(H,33,40)(H,34,39)/t24-,25-,26-/m0/s1. The molecular formula is C29H41N7O5. The van der Waals surface area contributed by atoms with Crippen molar-refractivity contribution in [2.24, 2.45) is 5.92 Å². The fourth-order valence-electron chi connectivity index (χ4n) is 4.87. The van der Waals surface area contributed by atoms with Gasteiger partial charge in [-0.15, -0.1) is 0 Å². The molecule has 2 aromatic rings. The second-order valence-electron chi connectivity index (χ2n) is 10.9. The number of Topliss-reactive ketones (excluding diaryl/α,β-unsaturated/α-hetero) is 1. The maximum atomic E-state index is 13.5. The summed E-state index contributed by atoms with van der Waals surface area (Å²) >= 11 is 0. The van der Waals surface area contributed by atoms with Crippen LogP contribution in [0.1, 0.15) is 39.2 Å². The van der Waals surface area contributed by atoms with Gasteiger partial charge in [-0.25, -0.2) is 0 Å². The van der Waals surface area contributed by atoms with Gasteiger partial charge in [-0.1, -0.05) is 32.0 Å². The number of hydrogen-bond donors (Lipinski definition) is 5. The van der Waals surface area contributed by atoms with Crippen molar-refractivity contribution in [2.75, 3.05) is 33.2 Å². The quantitative estimate of drug-likeness (QED) is 0.222. The predicted molar refractivity (Wildman–Crippen MR) is 155 cm³/mol. The summed E-state index contributed by atoms with van der Waals surface area (Å²) in [4.78, 5) is 71.2. The van der Waals surface area contributed by atoms with Gasteiger partial charge in [-0.3, -0.25) is 24.0 Å². The number of fused-ring (bicyclic) bond motifs is 1. The zero-order valence-electron chi connectivity index (χ0n) is 24.2. The summed E-state index contributed by atoms with van der Waals surface area (Å²) in [6, 6.07) is 4.61. The molecule has 12 heteroatoms. The number of amides is 4. The molecule has 3 rings (SSSR count). The normalized spacial score (nSPS) is 16.1. The first-order valence-corrected chi connectivity index (χ1v) is 13.9. The van der Waals surface area contributed by atoms with E-state index in [1.54, 1.807) is 11.1 Å². The van der Waals surface area contributed by atoms with Crippen molar-refractivity contribution in [2.45, 2.75) is 58.2 Å². The monoisotopic (exact) mass is 567 g/mol. The Morgan fingerprint density at radius 1 is 0.976 bits per heavy atom. The Morgan fingerprint density at radius 2 is 1.63 bits per heavy atom. The molecule has 0 spiro atoms. The lowest BCUT2D eigenvalue weighted by molar-refractivity contribution is -0.140. The number of carbonyl (C=O) groups is 5. The van der Waals surface area contributed by atoms with E-state index in [-0.39, 0.29) is 31.1 Å². The van der Waals surface area contributed by atoms with Crippen LogP contribution in [0.3, 0.4) is 0 Å². The van der Waals surface area contributed by atoms with Crippen molar-refractivity contribution < 1.29 is 24.0 Å². The highest BCUT2D eigenvalue weighted by Crippen LogP contribution is 2.19. The number of likely N-dealkylation sites (N-methyl/N-ethyl adjacent to an activating group) is 1. The Morgan fingerprint density at radius 3 is 2.27 bits per heavy atom. The van der Waals surface area contributed by atoms with E-state index in [1.807, 2.05) is 45.2 Å². The van der Waals surface area contributed by atoms with Crippen molar-refractivity contribution in [1.82, 2.24) is 30.7 Å². The van der Waals surface area contributed by atoms with Gasteiger partial charge in [0.2, 0.25) is 23.6 Å². The zero-order chi connectivity index (χ0) is 30.1. The first-order valence-electron chi connectivity index (χ1n) is 13.9. The molecule has 1 aliphatic heterocycles. The molecule has 0 aliphatic carbocycles. The number of rotatable bonds is 13. The summed E-state index contributed by atoms with van der Waals surface area (Å²) in [6.45, 7) is 7.53. The van der Waals surface area contributed by atoms with E-state index in [9.17, 15) is 24.0 Å². The molecule has 1 aliphatic rings. The SMILES string of the molecule is CC(=O)N[C@@H](Cc1c[nH]c2ccccc12)C(=O)N[C@@H](CCC(=O)C=N)C(=O)N[C@H](C(=O)N1CCN(C)CC1)C(C)C. The highest BCUT2D eigenvalue weighted by Gasteiger charge is 2.33. The Bertz CT molecular complexity index is 1270. The Labute approximate surface area is 240 Å². The van der Waals surface area contributed by atoms with Gasteiger partial charge < -0.3 is 36.1 Å². The van der Waals surface area contributed by atoms with Gasteiger partial charge in [0.15, 0.2) is 5.78 Å². The fraction of sp³-hybridized carbons (Fsp3) is 0.517. The minimum atomic E-state index is -1.16. The van der Waals surface area contributed by atoms with Gasteiger partial charge in [0.05, 0.1) is 6.21 Å². The van der Waals surface area contributed by atoms with Crippen LogP contribution in [0.15, 0.2) is 30.5 Å². The van der Waals surface area contributed by atoms with Crippen LogP contribution >= 0.6 is 0 Å². The number of nitrogens with one attached hydrogen (secondary N) is 5. The van der Waals surface area contributed by atoms with Gasteiger partial charge in [-0.2, -0.15) is 0 Å². The first-order chi connectivity index (χ1) is 19.5. The fourth-order valence-corrected chi connectivity index (χ4v) is 4.87. The number of nitrogens with zero attached hydrogens (tertiary/aromatic N) is 2. The maximum Gasteiger partial charge on any atom is 0.245 e. The first kappa shape index (κ1) is 31.5. The third-order valence-corrected chi connectivity index (χ3v) is 7.31. The summed E-state index contributed by atoms with van der Waals surface area (Å²) in [5.41, 5.74) is 1.70. The van der Waals surface area contributed by atoms with E-state index in [2.05, 4.69) is 25.8 Å². The molecule has 0 saturated carbocycles. The van der Waals surface area contributed by atoms with Crippen LogP contribution in [0.5, 0.6) is 0 Å². The van der Waals surface area contributed by atoms with Crippen molar-refractivity contribution >= 4 is 46.5 Å². The molecular weight excluding hydrogens is 526 g/mol. The molecule has 1 aromatic carbocycles. The van der Waals surface area contributed by atoms with Crippen LogP contribution in [-0.4, -0.2) is 102 Å². The number of para-hydroxylation sites is 1. The zero-order valence-corrected chi connectivity index (χ0v) is 24.2. The van der Waals surface area contributed by atoms with Crippen LogP contribution in [0.25, 0.3) is 10.9 Å². The molecule has 4 amide bonds. The topological polar surface area (TPSA) is 168 Å². The average Bonchev–Trinajstić information content (AvgIpc) is 3.35. The number of benzene rings is 1. The number of aromatic amines is 1. The lowest BCUT2D eigenvalue weighted by Crippen LogP contribution is -2.59. The van der Waals surface area contributed by atoms with E-state index < -0.39 is 41.6 Å². The highest BCUT2D eigenvalue weighted by molar-refractivity contribution is 6.26. The largest absolute Gasteiger partial charge is 0.361 e. The second-order valence-corrected chi connectivity index (χ2v) is 10.9.